The molecule has 5 nitrogen and oxygen atoms in total. The van der Waals surface area contributed by atoms with Gasteiger partial charge in [0.15, 0.2) is 0 Å². The predicted octanol–water partition coefficient (Wildman–Crippen LogP) is 4.15. The summed E-state index contributed by atoms with van der Waals surface area (Å²) in [5.74, 6) is -1.97. The Kier molecular flexibility index (Phi) is 9.20. The molecule has 0 bridgehead atoms. The van der Waals surface area contributed by atoms with Gasteiger partial charge in [-0.2, -0.15) is 0 Å². The number of carboxylic acid groups (broad SMARTS) is 1. The summed E-state index contributed by atoms with van der Waals surface area (Å²) in [6.07, 6.45) is 1.61. The van der Waals surface area contributed by atoms with Crippen molar-refractivity contribution in [3.8, 4) is 0 Å². The molecule has 0 aliphatic carbocycles. The molecule has 2 aromatic carbocycles. The molecule has 1 N–H and O–H groups in total. The number of halogens is 3. The van der Waals surface area contributed by atoms with Crippen molar-refractivity contribution in [3.63, 3.8) is 0 Å². The number of benzene rings is 2. The topological polar surface area (TPSA) is 62.1 Å². The molecule has 0 saturated carbocycles. The van der Waals surface area contributed by atoms with Gasteiger partial charge in [-0.3, -0.25) is 9.69 Å². The smallest absolute Gasteiger partial charge is 0.307 e. The lowest BCUT2D eigenvalue weighted by molar-refractivity contribution is -0.143. The van der Waals surface area contributed by atoms with Gasteiger partial charge in [-0.05, 0) is 37.1 Å². The summed E-state index contributed by atoms with van der Waals surface area (Å²) in [6.45, 7) is 2.06. The van der Waals surface area contributed by atoms with E-state index in [1.807, 2.05) is 4.90 Å². The van der Waals surface area contributed by atoms with Gasteiger partial charge in [0.25, 0.3) is 0 Å². The van der Waals surface area contributed by atoms with Gasteiger partial charge in [0, 0.05) is 25.1 Å². The maximum atomic E-state index is 14.3. The number of oxime groups is 1. The number of nitrogens with zero attached hydrogens (tertiary/aromatic N) is 2. The number of rotatable bonds is 8. The summed E-state index contributed by atoms with van der Waals surface area (Å²) in [5, 5.41) is 13.3. The van der Waals surface area contributed by atoms with E-state index in [2.05, 4.69) is 5.16 Å². The quantitative estimate of drug-likeness (QED) is 0.382. The van der Waals surface area contributed by atoms with Crippen molar-refractivity contribution in [1.29, 1.82) is 0 Å². The standard InChI is InChI=1S/C22H24F2N2O3.ClH/c23-19-9-3-1-6-16(19)14-21(18-8-2-4-10-20(18)24)25-29-13-12-26-11-5-7-17(15-26)22(27)28;/h1-4,6,8-10,17H,5,7,11-15H2,(H,27,28);1H/b25-21-;/t17-;/m1./s1. The SMILES string of the molecule is Cl.O=C(O)[C@@H]1CCCN(CCO/N=C(/Cc2ccccc2F)c2ccccc2F)C1. The fraction of sp³-hybridized carbons (Fsp3) is 0.364. The Morgan fingerprint density at radius 2 is 1.83 bits per heavy atom. The number of piperidine rings is 1. The monoisotopic (exact) mass is 438 g/mol. The van der Waals surface area contributed by atoms with Crippen molar-refractivity contribution in [2.75, 3.05) is 26.2 Å². The number of hydrogen-bond donors (Lipinski definition) is 1. The third-order valence-electron chi connectivity index (χ3n) is 5.03. The number of carboxylic acids is 1. The van der Waals surface area contributed by atoms with Crippen LogP contribution in [0.5, 0.6) is 0 Å². The van der Waals surface area contributed by atoms with Crippen LogP contribution in [0.25, 0.3) is 0 Å². The number of aliphatic carboxylic acids is 1. The largest absolute Gasteiger partial charge is 0.481 e. The Hall–Kier alpha value is -2.51. The second-order valence-electron chi connectivity index (χ2n) is 7.10. The molecule has 8 heteroatoms. The third-order valence-corrected chi connectivity index (χ3v) is 5.03. The first-order valence-corrected chi connectivity index (χ1v) is 9.67. The van der Waals surface area contributed by atoms with Crippen molar-refractivity contribution in [1.82, 2.24) is 4.90 Å². The highest BCUT2D eigenvalue weighted by Gasteiger charge is 2.25. The fourth-order valence-electron chi connectivity index (χ4n) is 3.45. The van der Waals surface area contributed by atoms with Crippen LogP contribution in [0, 0.1) is 17.6 Å². The molecule has 0 radical (unpaired) electrons. The Morgan fingerprint density at radius 3 is 2.53 bits per heavy atom. The van der Waals surface area contributed by atoms with E-state index >= 15 is 0 Å². The van der Waals surface area contributed by atoms with Gasteiger partial charge in [-0.15, -0.1) is 12.4 Å². The average Bonchev–Trinajstić information content (AvgIpc) is 2.72. The molecule has 1 atom stereocenters. The zero-order chi connectivity index (χ0) is 20.6. The second-order valence-corrected chi connectivity index (χ2v) is 7.10. The molecule has 1 heterocycles. The lowest BCUT2D eigenvalue weighted by Crippen LogP contribution is -2.40. The average molecular weight is 439 g/mol. The van der Waals surface area contributed by atoms with E-state index < -0.39 is 11.8 Å². The highest BCUT2D eigenvalue weighted by atomic mass is 35.5. The summed E-state index contributed by atoms with van der Waals surface area (Å²) in [6, 6.07) is 12.5. The summed E-state index contributed by atoms with van der Waals surface area (Å²) in [4.78, 5) is 18.6. The zero-order valence-electron chi connectivity index (χ0n) is 16.5. The molecule has 0 amide bonds. The summed E-state index contributed by atoms with van der Waals surface area (Å²) in [7, 11) is 0. The Balaban J connectivity index is 0.00000320. The van der Waals surface area contributed by atoms with Crippen molar-refractivity contribution < 1.29 is 23.5 Å². The highest BCUT2D eigenvalue weighted by molar-refractivity contribution is 6.01. The van der Waals surface area contributed by atoms with E-state index in [-0.39, 0.29) is 42.7 Å². The van der Waals surface area contributed by atoms with Crippen molar-refractivity contribution in [2.45, 2.75) is 19.3 Å². The first-order valence-electron chi connectivity index (χ1n) is 9.67. The first-order chi connectivity index (χ1) is 14.0. The molecular weight excluding hydrogens is 414 g/mol. The molecule has 1 aliphatic rings. The summed E-state index contributed by atoms with van der Waals surface area (Å²) in [5.41, 5.74) is 0.966. The molecule has 30 heavy (non-hydrogen) atoms. The lowest BCUT2D eigenvalue weighted by Gasteiger charge is -2.29. The molecule has 0 spiro atoms. The van der Waals surface area contributed by atoms with Gasteiger partial charge < -0.3 is 9.94 Å². The maximum Gasteiger partial charge on any atom is 0.307 e. The summed E-state index contributed by atoms with van der Waals surface area (Å²) < 4.78 is 28.3. The Bertz CT molecular complexity index is 879. The molecule has 1 aliphatic heterocycles. The minimum absolute atomic E-state index is 0. The minimum Gasteiger partial charge on any atom is -0.481 e. The van der Waals surface area contributed by atoms with Crippen LogP contribution in [-0.2, 0) is 16.1 Å². The van der Waals surface area contributed by atoms with E-state index in [0.717, 1.165) is 13.0 Å². The van der Waals surface area contributed by atoms with Crippen LogP contribution in [-0.4, -0.2) is 47.9 Å². The molecule has 2 aromatic rings. The van der Waals surface area contributed by atoms with Crippen LogP contribution in [0.4, 0.5) is 8.78 Å². The van der Waals surface area contributed by atoms with Crippen LogP contribution in [0.1, 0.15) is 24.0 Å². The Morgan fingerprint density at radius 1 is 1.13 bits per heavy atom. The summed E-state index contributed by atoms with van der Waals surface area (Å²) >= 11 is 0. The third kappa shape index (κ3) is 6.50. The fourth-order valence-corrected chi connectivity index (χ4v) is 3.45. The normalized spacial score (nSPS) is 17.3. The molecule has 3 rings (SSSR count). The molecular formula is C22H25ClF2N2O3. The molecule has 1 saturated heterocycles. The van der Waals surface area contributed by atoms with E-state index in [1.54, 1.807) is 36.4 Å². The van der Waals surface area contributed by atoms with Crippen LogP contribution in [0.15, 0.2) is 53.7 Å². The molecule has 0 aromatic heterocycles. The number of hydrogen-bond acceptors (Lipinski definition) is 4. The van der Waals surface area contributed by atoms with Crippen LogP contribution in [0.3, 0.4) is 0 Å². The molecule has 0 unspecified atom stereocenters. The van der Waals surface area contributed by atoms with Crippen molar-refractivity contribution in [3.05, 3.63) is 71.3 Å². The van der Waals surface area contributed by atoms with Gasteiger partial charge in [-0.1, -0.05) is 41.6 Å². The highest BCUT2D eigenvalue weighted by Crippen LogP contribution is 2.17. The van der Waals surface area contributed by atoms with Crippen molar-refractivity contribution >= 4 is 24.1 Å². The number of carbonyl (C=O) groups is 1. The first kappa shape index (κ1) is 23.8. The van der Waals surface area contributed by atoms with Gasteiger partial charge in [0.05, 0.1) is 11.6 Å². The minimum atomic E-state index is -0.777. The zero-order valence-corrected chi connectivity index (χ0v) is 17.3. The molecule has 162 valence electrons. The van der Waals surface area contributed by atoms with Crippen LogP contribution in [0.2, 0.25) is 0 Å². The second kappa shape index (κ2) is 11.6. The van der Waals surface area contributed by atoms with E-state index in [4.69, 9.17) is 9.94 Å². The van der Waals surface area contributed by atoms with Crippen LogP contribution < -0.4 is 0 Å². The number of likely N-dealkylation sites (tertiary alicyclic amines) is 1. The van der Waals surface area contributed by atoms with Gasteiger partial charge >= 0.3 is 5.97 Å². The maximum absolute atomic E-state index is 14.3. The van der Waals surface area contributed by atoms with Crippen LogP contribution >= 0.6 is 12.4 Å². The Labute approximate surface area is 180 Å². The lowest BCUT2D eigenvalue weighted by atomic mass is 9.98. The van der Waals surface area contributed by atoms with E-state index in [0.29, 0.717) is 30.8 Å². The van der Waals surface area contributed by atoms with Gasteiger partial charge in [0.1, 0.15) is 18.2 Å². The van der Waals surface area contributed by atoms with Crippen molar-refractivity contribution in [2.24, 2.45) is 11.1 Å². The molecule has 1 fully saturated rings. The van der Waals surface area contributed by atoms with Gasteiger partial charge in [-0.25, -0.2) is 8.78 Å². The van der Waals surface area contributed by atoms with E-state index in [1.165, 1.54) is 12.1 Å². The predicted molar refractivity (Wildman–Crippen MR) is 113 cm³/mol. The van der Waals surface area contributed by atoms with Gasteiger partial charge in [0.2, 0.25) is 0 Å². The van der Waals surface area contributed by atoms with E-state index in [9.17, 15) is 13.6 Å².